The summed E-state index contributed by atoms with van der Waals surface area (Å²) in [7, 11) is 4.77. The molecule has 0 saturated carbocycles. The molecule has 6 nitrogen and oxygen atoms in total. The van der Waals surface area contributed by atoms with Gasteiger partial charge >= 0.3 is 0 Å². The lowest BCUT2D eigenvalue weighted by Gasteiger charge is -2.23. The first-order chi connectivity index (χ1) is 12.9. The fraction of sp³-hybridized carbons (Fsp3) is 0.300. The first kappa shape index (κ1) is 18.8. The van der Waals surface area contributed by atoms with E-state index in [0.29, 0.717) is 23.7 Å². The van der Waals surface area contributed by atoms with Crippen LogP contribution in [-0.4, -0.2) is 44.0 Å². The molecular formula is C20H21FN2O4. The Morgan fingerprint density at radius 3 is 2.44 bits per heavy atom. The zero-order valence-electron chi connectivity index (χ0n) is 15.4. The molecule has 1 aliphatic rings. The minimum atomic E-state index is -0.589. The van der Waals surface area contributed by atoms with E-state index in [1.807, 2.05) is 0 Å². The highest BCUT2D eigenvalue weighted by Gasteiger charge is 2.42. The van der Waals surface area contributed by atoms with Crippen molar-refractivity contribution in [1.82, 2.24) is 4.90 Å². The fourth-order valence-electron chi connectivity index (χ4n) is 3.17. The summed E-state index contributed by atoms with van der Waals surface area (Å²) in [4.78, 5) is 28.5. The van der Waals surface area contributed by atoms with E-state index >= 15 is 0 Å². The molecule has 2 aromatic rings. The quantitative estimate of drug-likeness (QED) is 0.730. The van der Waals surface area contributed by atoms with Crippen LogP contribution in [0.15, 0.2) is 42.5 Å². The summed E-state index contributed by atoms with van der Waals surface area (Å²) in [6.07, 6.45) is 0.0751. The molecule has 3 rings (SSSR count). The predicted molar refractivity (Wildman–Crippen MR) is 98.3 cm³/mol. The van der Waals surface area contributed by atoms with Crippen LogP contribution in [0.4, 0.5) is 10.1 Å². The average Bonchev–Trinajstić information content (AvgIpc) is 2.97. The molecule has 0 N–H and O–H groups in total. The van der Waals surface area contributed by atoms with Crippen molar-refractivity contribution in [2.75, 3.05) is 26.2 Å². The summed E-state index contributed by atoms with van der Waals surface area (Å²) in [6, 6.07) is 10.4. The second-order valence-corrected chi connectivity index (χ2v) is 6.37. The van der Waals surface area contributed by atoms with E-state index in [1.165, 1.54) is 26.4 Å². The summed E-state index contributed by atoms with van der Waals surface area (Å²) >= 11 is 0. The van der Waals surface area contributed by atoms with Crippen LogP contribution in [0.25, 0.3) is 0 Å². The van der Waals surface area contributed by atoms with Crippen molar-refractivity contribution < 1.29 is 23.5 Å². The molecule has 0 bridgehead atoms. The number of amides is 2. The molecule has 142 valence electrons. The van der Waals surface area contributed by atoms with Crippen molar-refractivity contribution in [3.8, 4) is 11.5 Å². The van der Waals surface area contributed by atoms with Crippen LogP contribution >= 0.6 is 0 Å². The average molecular weight is 372 g/mol. The molecular weight excluding hydrogens is 351 g/mol. The van der Waals surface area contributed by atoms with Gasteiger partial charge in [-0.2, -0.15) is 0 Å². The van der Waals surface area contributed by atoms with Crippen LogP contribution in [0.3, 0.4) is 0 Å². The first-order valence-corrected chi connectivity index (χ1v) is 8.48. The summed E-state index contributed by atoms with van der Waals surface area (Å²) in [6.45, 7) is 0.428. The van der Waals surface area contributed by atoms with Crippen LogP contribution < -0.4 is 14.4 Å². The lowest BCUT2D eigenvalue weighted by Crippen LogP contribution is -2.39. The van der Waals surface area contributed by atoms with E-state index in [9.17, 15) is 14.0 Å². The lowest BCUT2D eigenvalue weighted by molar-refractivity contribution is -0.122. The maximum Gasteiger partial charge on any atom is 0.251 e. The maximum absolute atomic E-state index is 13.1. The van der Waals surface area contributed by atoms with Gasteiger partial charge < -0.3 is 9.47 Å². The highest BCUT2D eigenvalue weighted by atomic mass is 19.1. The van der Waals surface area contributed by atoms with Gasteiger partial charge in [0.2, 0.25) is 5.91 Å². The van der Waals surface area contributed by atoms with E-state index in [-0.39, 0.29) is 24.1 Å². The number of anilines is 1. The molecule has 7 heteroatoms. The van der Waals surface area contributed by atoms with Crippen LogP contribution in [0, 0.1) is 5.82 Å². The van der Waals surface area contributed by atoms with Gasteiger partial charge in [-0.05, 0) is 36.9 Å². The Morgan fingerprint density at radius 2 is 1.81 bits per heavy atom. The molecule has 1 aliphatic heterocycles. The van der Waals surface area contributed by atoms with Gasteiger partial charge in [0.1, 0.15) is 17.3 Å². The first-order valence-electron chi connectivity index (χ1n) is 8.48. The molecule has 2 amide bonds. The highest BCUT2D eigenvalue weighted by Crippen LogP contribution is 2.36. The number of imide groups is 1. The number of ether oxygens (including phenoxy) is 2. The molecule has 0 spiro atoms. The monoisotopic (exact) mass is 372 g/mol. The number of carbonyl (C=O) groups excluding carboxylic acids is 2. The van der Waals surface area contributed by atoms with Gasteiger partial charge in [-0.3, -0.25) is 14.5 Å². The van der Waals surface area contributed by atoms with Crippen molar-refractivity contribution in [3.05, 3.63) is 53.8 Å². The fourth-order valence-corrected chi connectivity index (χ4v) is 3.17. The second kappa shape index (κ2) is 7.75. The van der Waals surface area contributed by atoms with Gasteiger partial charge in [0.05, 0.1) is 32.4 Å². The Balaban J connectivity index is 1.81. The zero-order chi connectivity index (χ0) is 19.6. The van der Waals surface area contributed by atoms with Crippen molar-refractivity contribution >= 4 is 17.5 Å². The third-order valence-corrected chi connectivity index (χ3v) is 4.63. The van der Waals surface area contributed by atoms with Gasteiger partial charge in [0, 0.05) is 12.6 Å². The largest absolute Gasteiger partial charge is 0.497 e. The number of carbonyl (C=O) groups is 2. The smallest absolute Gasteiger partial charge is 0.251 e. The molecule has 27 heavy (non-hydrogen) atoms. The van der Waals surface area contributed by atoms with E-state index < -0.39 is 6.04 Å². The third kappa shape index (κ3) is 3.78. The molecule has 1 atom stereocenters. The molecule has 0 aliphatic carbocycles. The Labute approximate surface area is 157 Å². The van der Waals surface area contributed by atoms with Crippen molar-refractivity contribution in [3.63, 3.8) is 0 Å². The van der Waals surface area contributed by atoms with Gasteiger partial charge in [-0.1, -0.05) is 12.1 Å². The molecule has 0 radical (unpaired) electrons. The Bertz CT molecular complexity index is 854. The number of methoxy groups -OCH3 is 2. The van der Waals surface area contributed by atoms with Crippen LogP contribution in [-0.2, 0) is 16.1 Å². The standard InChI is InChI=1S/C20H21FN2O4/c1-22(12-13-4-6-14(21)7-5-13)17-11-19(24)23(20(17)25)16-9-8-15(26-2)10-18(16)27-3/h4-10,17H,11-12H2,1-3H3/t17-/m0/s1. The summed E-state index contributed by atoms with van der Waals surface area (Å²) < 4.78 is 23.5. The van der Waals surface area contributed by atoms with Crippen LogP contribution in [0.1, 0.15) is 12.0 Å². The number of rotatable bonds is 6. The lowest BCUT2D eigenvalue weighted by atomic mass is 10.1. The Hall–Kier alpha value is -2.93. The highest BCUT2D eigenvalue weighted by molar-refractivity contribution is 6.23. The predicted octanol–water partition coefficient (Wildman–Crippen LogP) is 2.61. The topological polar surface area (TPSA) is 59.1 Å². The minimum Gasteiger partial charge on any atom is -0.497 e. The van der Waals surface area contributed by atoms with Gasteiger partial charge in [-0.25, -0.2) is 9.29 Å². The number of likely N-dealkylation sites (N-methyl/N-ethyl adjacent to an activating group) is 1. The van der Waals surface area contributed by atoms with E-state index in [0.717, 1.165) is 10.5 Å². The number of nitrogens with zero attached hydrogens (tertiary/aromatic N) is 2. The van der Waals surface area contributed by atoms with Gasteiger partial charge in [0.25, 0.3) is 5.91 Å². The Kier molecular flexibility index (Phi) is 5.41. The molecule has 0 aromatic heterocycles. The van der Waals surface area contributed by atoms with Crippen molar-refractivity contribution in [2.45, 2.75) is 19.0 Å². The normalized spacial score (nSPS) is 16.9. The van der Waals surface area contributed by atoms with Crippen LogP contribution in [0.5, 0.6) is 11.5 Å². The van der Waals surface area contributed by atoms with E-state index in [4.69, 9.17) is 9.47 Å². The second-order valence-electron chi connectivity index (χ2n) is 6.37. The summed E-state index contributed by atoms with van der Waals surface area (Å²) in [5.74, 6) is 0.0383. The minimum absolute atomic E-state index is 0.0751. The van der Waals surface area contributed by atoms with Crippen LogP contribution in [0.2, 0.25) is 0 Å². The molecule has 1 fully saturated rings. The van der Waals surface area contributed by atoms with E-state index in [1.54, 1.807) is 42.3 Å². The number of halogens is 1. The van der Waals surface area contributed by atoms with E-state index in [2.05, 4.69) is 0 Å². The molecule has 2 aromatic carbocycles. The summed E-state index contributed by atoms with van der Waals surface area (Å²) in [5, 5.41) is 0. The summed E-state index contributed by atoms with van der Waals surface area (Å²) in [5.41, 5.74) is 1.26. The van der Waals surface area contributed by atoms with Crippen molar-refractivity contribution in [2.24, 2.45) is 0 Å². The van der Waals surface area contributed by atoms with Gasteiger partial charge in [-0.15, -0.1) is 0 Å². The SMILES string of the molecule is COc1ccc(N2C(=O)C[C@H](N(C)Cc3ccc(F)cc3)C2=O)c(OC)c1. The number of hydrogen-bond donors (Lipinski definition) is 0. The molecule has 0 unspecified atom stereocenters. The molecule has 1 saturated heterocycles. The van der Waals surface area contributed by atoms with Crippen molar-refractivity contribution in [1.29, 1.82) is 0 Å². The molecule has 1 heterocycles. The number of benzene rings is 2. The van der Waals surface area contributed by atoms with Gasteiger partial charge in [0.15, 0.2) is 0 Å². The number of hydrogen-bond acceptors (Lipinski definition) is 5. The third-order valence-electron chi connectivity index (χ3n) is 4.63. The zero-order valence-corrected chi connectivity index (χ0v) is 15.4. The maximum atomic E-state index is 13.1. The Morgan fingerprint density at radius 1 is 1.11 bits per heavy atom.